The summed E-state index contributed by atoms with van der Waals surface area (Å²) in [5.74, 6) is -0.461. The van der Waals surface area contributed by atoms with E-state index in [1.807, 2.05) is 6.07 Å². The fourth-order valence-electron chi connectivity index (χ4n) is 2.22. The maximum absolute atomic E-state index is 13.3. The zero-order chi connectivity index (χ0) is 16.4. The number of anilines is 1. The van der Waals surface area contributed by atoms with Crippen molar-refractivity contribution in [2.24, 2.45) is 5.10 Å². The number of nitrogens with one attached hydrogen (secondary N) is 1. The van der Waals surface area contributed by atoms with Gasteiger partial charge >= 0.3 is 0 Å². The van der Waals surface area contributed by atoms with Crippen molar-refractivity contribution in [3.63, 3.8) is 0 Å². The second-order valence-corrected chi connectivity index (χ2v) is 5.43. The Morgan fingerprint density at radius 1 is 1.22 bits per heavy atom. The molecule has 0 saturated heterocycles. The van der Waals surface area contributed by atoms with Crippen molar-refractivity contribution in [2.45, 2.75) is 6.92 Å². The van der Waals surface area contributed by atoms with Crippen molar-refractivity contribution in [1.29, 1.82) is 0 Å². The van der Waals surface area contributed by atoms with Gasteiger partial charge in [-0.15, -0.1) is 0 Å². The number of pyridine rings is 1. The molecule has 0 saturated carbocycles. The van der Waals surface area contributed by atoms with Gasteiger partial charge in [0.05, 0.1) is 16.9 Å². The van der Waals surface area contributed by atoms with Gasteiger partial charge in [0.25, 0.3) is 0 Å². The molecule has 116 valence electrons. The molecule has 0 radical (unpaired) electrons. The molecule has 0 bridgehead atoms. The lowest BCUT2D eigenvalue weighted by atomic mass is 10.1. The van der Waals surface area contributed by atoms with E-state index in [2.05, 4.69) is 15.5 Å². The van der Waals surface area contributed by atoms with Crippen LogP contribution in [0.4, 0.5) is 10.1 Å². The molecule has 0 spiro atoms. The Morgan fingerprint density at radius 2 is 2.04 bits per heavy atom. The van der Waals surface area contributed by atoms with Crippen molar-refractivity contribution < 1.29 is 9.50 Å². The summed E-state index contributed by atoms with van der Waals surface area (Å²) in [6.45, 7) is 1.68. The summed E-state index contributed by atoms with van der Waals surface area (Å²) in [6, 6.07) is 10.9. The van der Waals surface area contributed by atoms with Gasteiger partial charge in [-0.25, -0.2) is 4.39 Å². The molecule has 2 N–H and O–H groups in total. The molecule has 3 aromatic rings. The van der Waals surface area contributed by atoms with E-state index in [1.54, 1.807) is 31.3 Å². The number of hydrazone groups is 1. The minimum absolute atomic E-state index is 0.0270. The monoisotopic (exact) mass is 329 g/mol. The number of aromatic hydroxyl groups is 1. The molecule has 0 atom stereocenters. The van der Waals surface area contributed by atoms with E-state index < -0.39 is 5.82 Å². The second-order valence-electron chi connectivity index (χ2n) is 4.99. The number of rotatable bonds is 3. The minimum atomic E-state index is -0.434. The molecule has 4 nitrogen and oxygen atoms in total. The van der Waals surface area contributed by atoms with Gasteiger partial charge < -0.3 is 5.11 Å². The van der Waals surface area contributed by atoms with Gasteiger partial charge in [-0.05, 0) is 49.4 Å². The summed E-state index contributed by atoms with van der Waals surface area (Å²) >= 11 is 5.96. The van der Waals surface area contributed by atoms with Crippen molar-refractivity contribution in [3.8, 4) is 5.75 Å². The third kappa shape index (κ3) is 3.24. The first kappa shape index (κ1) is 15.2. The van der Waals surface area contributed by atoms with Crippen LogP contribution in [0.5, 0.6) is 5.75 Å². The van der Waals surface area contributed by atoms with Gasteiger partial charge in [-0.3, -0.25) is 10.4 Å². The van der Waals surface area contributed by atoms with E-state index in [-0.39, 0.29) is 5.75 Å². The zero-order valence-corrected chi connectivity index (χ0v) is 13.0. The largest absolute Gasteiger partial charge is 0.507 e. The average Bonchev–Trinajstić information content (AvgIpc) is 2.54. The Morgan fingerprint density at radius 3 is 2.87 bits per heavy atom. The second kappa shape index (κ2) is 6.22. The van der Waals surface area contributed by atoms with Gasteiger partial charge in [0, 0.05) is 22.2 Å². The van der Waals surface area contributed by atoms with Gasteiger partial charge in [-0.2, -0.15) is 5.10 Å². The highest BCUT2D eigenvalue weighted by Crippen LogP contribution is 2.25. The van der Waals surface area contributed by atoms with E-state index in [0.29, 0.717) is 16.3 Å². The van der Waals surface area contributed by atoms with E-state index in [1.165, 1.54) is 18.2 Å². The van der Waals surface area contributed by atoms with Crippen LogP contribution in [0.15, 0.2) is 53.8 Å². The number of halogens is 2. The molecule has 0 amide bonds. The molecule has 23 heavy (non-hydrogen) atoms. The molecular formula is C17H13ClFN3O. The summed E-state index contributed by atoms with van der Waals surface area (Å²) in [7, 11) is 0. The lowest BCUT2D eigenvalue weighted by molar-refractivity contribution is 0.472. The molecule has 0 aliphatic carbocycles. The van der Waals surface area contributed by atoms with E-state index in [9.17, 15) is 9.50 Å². The summed E-state index contributed by atoms with van der Waals surface area (Å²) in [4.78, 5) is 4.25. The van der Waals surface area contributed by atoms with Gasteiger partial charge in [0.15, 0.2) is 0 Å². The summed E-state index contributed by atoms with van der Waals surface area (Å²) in [5, 5.41) is 15.5. The number of aromatic nitrogens is 1. The lowest BCUT2D eigenvalue weighted by Crippen LogP contribution is -2.01. The van der Waals surface area contributed by atoms with Crippen LogP contribution in [-0.4, -0.2) is 15.8 Å². The number of phenolic OH excluding ortho intramolecular Hbond substituents is 1. The Labute approximate surface area is 137 Å². The van der Waals surface area contributed by atoms with Crippen LogP contribution in [-0.2, 0) is 0 Å². The fraction of sp³-hybridized carbons (Fsp3) is 0.0588. The van der Waals surface area contributed by atoms with Gasteiger partial charge in [-0.1, -0.05) is 11.6 Å². The average molecular weight is 330 g/mol. The normalized spacial score (nSPS) is 11.7. The Hall–Kier alpha value is -2.66. The minimum Gasteiger partial charge on any atom is -0.507 e. The predicted octanol–water partition coefficient (Wildman–Crippen LogP) is 4.57. The molecule has 0 fully saturated rings. The number of hydrogen-bond donors (Lipinski definition) is 2. The van der Waals surface area contributed by atoms with Crippen LogP contribution in [0.3, 0.4) is 0 Å². The maximum atomic E-state index is 13.3. The standard InChI is InChI=1S/C17H13ClFN3O/c1-10(14-9-12(19)3-5-17(14)23)21-22-15-6-7-20-16-8-11(18)2-4-13(15)16/h2-9,23H,1H3,(H,20,22)/b21-10+. The summed E-state index contributed by atoms with van der Waals surface area (Å²) < 4.78 is 13.3. The zero-order valence-electron chi connectivity index (χ0n) is 12.2. The first-order valence-electron chi connectivity index (χ1n) is 6.88. The summed E-state index contributed by atoms with van der Waals surface area (Å²) in [6.07, 6.45) is 1.64. The smallest absolute Gasteiger partial charge is 0.124 e. The SMILES string of the molecule is C/C(=N\Nc1ccnc2cc(Cl)ccc12)c1cc(F)ccc1O. The van der Waals surface area contributed by atoms with Crippen LogP contribution >= 0.6 is 11.6 Å². The van der Waals surface area contributed by atoms with Crippen molar-refractivity contribution in [2.75, 3.05) is 5.43 Å². The number of phenols is 1. The molecule has 0 aliphatic rings. The van der Waals surface area contributed by atoms with Crippen molar-refractivity contribution >= 4 is 33.9 Å². The van der Waals surface area contributed by atoms with Crippen LogP contribution in [0.25, 0.3) is 10.9 Å². The van der Waals surface area contributed by atoms with Crippen LogP contribution < -0.4 is 5.43 Å². The number of benzene rings is 2. The Balaban J connectivity index is 1.95. The molecule has 0 unspecified atom stereocenters. The topological polar surface area (TPSA) is 57.5 Å². The first-order chi connectivity index (χ1) is 11.0. The maximum Gasteiger partial charge on any atom is 0.124 e. The Bertz CT molecular complexity index is 911. The molecule has 1 heterocycles. The number of nitrogens with zero attached hydrogens (tertiary/aromatic N) is 2. The summed E-state index contributed by atoms with van der Waals surface area (Å²) in [5.41, 5.74) is 5.19. The molecule has 2 aromatic carbocycles. The van der Waals surface area contributed by atoms with Gasteiger partial charge in [0.2, 0.25) is 0 Å². The quantitative estimate of drug-likeness (QED) is 0.546. The lowest BCUT2D eigenvalue weighted by Gasteiger charge is -2.08. The van der Waals surface area contributed by atoms with Crippen LogP contribution in [0.2, 0.25) is 5.02 Å². The number of hydrogen-bond acceptors (Lipinski definition) is 4. The van der Waals surface area contributed by atoms with E-state index in [0.717, 1.165) is 16.6 Å². The fourth-order valence-corrected chi connectivity index (χ4v) is 2.39. The first-order valence-corrected chi connectivity index (χ1v) is 7.26. The van der Waals surface area contributed by atoms with Crippen molar-refractivity contribution in [3.05, 3.63) is 65.1 Å². The molecular weight excluding hydrogens is 317 g/mol. The van der Waals surface area contributed by atoms with Crippen LogP contribution in [0.1, 0.15) is 12.5 Å². The highest BCUT2D eigenvalue weighted by Gasteiger charge is 2.07. The Kier molecular flexibility index (Phi) is 4.12. The highest BCUT2D eigenvalue weighted by atomic mass is 35.5. The van der Waals surface area contributed by atoms with E-state index >= 15 is 0 Å². The predicted molar refractivity (Wildman–Crippen MR) is 90.7 cm³/mol. The highest BCUT2D eigenvalue weighted by molar-refractivity contribution is 6.31. The molecule has 0 aliphatic heterocycles. The van der Waals surface area contributed by atoms with Crippen molar-refractivity contribution in [1.82, 2.24) is 4.98 Å². The number of fused-ring (bicyclic) bond motifs is 1. The molecule has 6 heteroatoms. The van der Waals surface area contributed by atoms with Gasteiger partial charge in [0.1, 0.15) is 11.6 Å². The molecule has 1 aromatic heterocycles. The third-order valence-corrected chi connectivity index (χ3v) is 3.63. The third-order valence-electron chi connectivity index (χ3n) is 3.40. The van der Waals surface area contributed by atoms with E-state index in [4.69, 9.17) is 11.6 Å². The van der Waals surface area contributed by atoms with Crippen LogP contribution in [0, 0.1) is 5.82 Å². The molecule has 3 rings (SSSR count).